The third-order valence-electron chi connectivity index (χ3n) is 2.37. The molecule has 94 valence electrons. The molecule has 18 heavy (non-hydrogen) atoms. The third-order valence-corrected chi connectivity index (χ3v) is 2.37. The highest BCUT2D eigenvalue weighted by molar-refractivity contribution is 5.88. The van der Waals surface area contributed by atoms with Crippen LogP contribution in [-0.2, 0) is 4.74 Å². The number of carbonyl (C=O) groups excluding carboxylic acids is 1. The van der Waals surface area contributed by atoms with Crippen LogP contribution in [0.15, 0.2) is 22.7 Å². The van der Waals surface area contributed by atoms with Crippen LogP contribution >= 0.6 is 0 Å². The molecule has 0 saturated heterocycles. The van der Waals surface area contributed by atoms with Crippen molar-refractivity contribution in [3.8, 4) is 17.3 Å². The Morgan fingerprint density at radius 1 is 1.39 bits per heavy atom. The molecule has 0 radical (unpaired) electrons. The van der Waals surface area contributed by atoms with Gasteiger partial charge < -0.3 is 13.9 Å². The van der Waals surface area contributed by atoms with Crippen molar-refractivity contribution in [2.45, 2.75) is 6.92 Å². The van der Waals surface area contributed by atoms with Gasteiger partial charge in [-0.1, -0.05) is 0 Å². The fraction of sp³-hybridized carbons (Fsp3) is 0.250. The number of oxazole rings is 1. The minimum atomic E-state index is -0.525. The van der Waals surface area contributed by atoms with Gasteiger partial charge in [0, 0.05) is 17.8 Å². The summed E-state index contributed by atoms with van der Waals surface area (Å²) in [7, 11) is 2.82. The van der Waals surface area contributed by atoms with E-state index in [1.807, 2.05) is 0 Å². The van der Waals surface area contributed by atoms with E-state index in [9.17, 15) is 4.79 Å². The number of pyridine rings is 1. The lowest BCUT2D eigenvalue weighted by molar-refractivity contribution is 0.0593. The SMILES string of the molecule is COC(=O)c1nc(-c2ccnc(OC)c2)oc1C. The van der Waals surface area contributed by atoms with Gasteiger partial charge in [0.2, 0.25) is 11.8 Å². The summed E-state index contributed by atoms with van der Waals surface area (Å²) < 4.78 is 15.1. The van der Waals surface area contributed by atoms with Gasteiger partial charge in [-0.25, -0.2) is 14.8 Å². The molecule has 2 aromatic heterocycles. The molecule has 0 saturated carbocycles. The Hall–Kier alpha value is -2.37. The second-order valence-electron chi connectivity index (χ2n) is 3.50. The van der Waals surface area contributed by atoms with Crippen LogP contribution < -0.4 is 4.74 Å². The van der Waals surface area contributed by atoms with Gasteiger partial charge in [-0.05, 0) is 13.0 Å². The van der Waals surface area contributed by atoms with Crippen LogP contribution in [0.3, 0.4) is 0 Å². The number of hydrogen-bond donors (Lipinski definition) is 0. The largest absolute Gasteiger partial charge is 0.481 e. The third kappa shape index (κ3) is 2.17. The first-order chi connectivity index (χ1) is 8.65. The lowest BCUT2D eigenvalue weighted by Crippen LogP contribution is -2.03. The molecule has 0 bridgehead atoms. The normalized spacial score (nSPS) is 10.2. The first-order valence-corrected chi connectivity index (χ1v) is 5.22. The molecule has 0 atom stereocenters. The molecule has 0 aliphatic heterocycles. The highest BCUT2D eigenvalue weighted by Gasteiger charge is 2.18. The number of carbonyl (C=O) groups is 1. The zero-order valence-electron chi connectivity index (χ0n) is 10.3. The molecule has 2 rings (SSSR count). The summed E-state index contributed by atoms with van der Waals surface area (Å²) in [6.07, 6.45) is 1.57. The predicted octanol–water partition coefficient (Wildman–Crippen LogP) is 1.84. The smallest absolute Gasteiger partial charge is 0.360 e. The van der Waals surface area contributed by atoms with E-state index in [0.717, 1.165) is 0 Å². The van der Waals surface area contributed by atoms with Crippen LogP contribution in [0.1, 0.15) is 16.2 Å². The highest BCUT2D eigenvalue weighted by atomic mass is 16.5. The minimum Gasteiger partial charge on any atom is -0.481 e. The summed E-state index contributed by atoms with van der Waals surface area (Å²) in [6.45, 7) is 1.65. The van der Waals surface area contributed by atoms with Crippen molar-refractivity contribution in [3.63, 3.8) is 0 Å². The Balaban J connectivity index is 2.42. The standard InChI is InChI=1S/C12H12N2O4/c1-7-10(12(15)17-3)14-11(18-7)8-4-5-13-9(6-8)16-2/h4-6H,1-3H3. The highest BCUT2D eigenvalue weighted by Crippen LogP contribution is 2.24. The van der Waals surface area contributed by atoms with Crippen LogP contribution in [0, 0.1) is 6.92 Å². The molecule has 0 fully saturated rings. The molecule has 0 aromatic carbocycles. The Morgan fingerprint density at radius 2 is 2.17 bits per heavy atom. The van der Waals surface area contributed by atoms with Crippen LogP contribution in [0.5, 0.6) is 5.88 Å². The Morgan fingerprint density at radius 3 is 2.83 bits per heavy atom. The second kappa shape index (κ2) is 4.87. The molecule has 0 unspecified atom stereocenters. The van der Waals surface area contributed by atoms with Crippen molar-refractivity contribution in [1.29, 1.82) is 0 Å². The summed E-state index contributed by atoms with van der Waals surface area (Å²) in [5.74, 6) is 0.660. The minimum absolute atomic E-state index is 0.170. The molecule has 0 aliphatic carbocycles. The van der Waals surface area contributed by atoms with Gasteiger partial charge in [0.05, 0.1) is 14.2 Å². The average Bonchev–Trinajstić information content (AvgIpc) is 2.80. The monoisotopic (exact) mass is 248 g/mol. The predicted molar refractivity (Wildman–Crippen MR) is 62.4 cm³/mol. The maximum atomic E-state index is 11.4. The van der Waals surface area contributed by atoms with Crippen molar-refractivity contribution < 1.29 is 18.7 Å². The number of hydrogen-bond acceptors (Lipinski definition) is 6. The zero-order valence-corrected chi connectivity index (χ0v) is 10.3. The number of esters is 1. The van der Waals surface area contributed by atoms with E-state index in [1.54, 1.807) is 25.3 Å². The molecule has 0 spiro atoms. The topological polar surface area (TPSA) is 74.5 Å². The summed E-state index contributed by atoms with van der Waals surface area (Å²) in [5.41, 5.74) is 0.850. The number of rotatable bonds is 3. The maximum Gasteiger partial charge on any atom is 0.360 e. The first kappa shape index (κ1) is 12.1. The summed E-state index contributed by atoms with van der Waals surface area (Å²) in [4.78, 5) is 19.5. The summed E-state index contributed by atoms with van der Waals surface area (Å²) >= 11 is 0. The van der Waals surface area contributed by atoms with Crippen molar-refractivity contribution in [2.24, 2.45) is 0 Å². The van der Waals surface area contributed by atoms with E-state index in [1.165, 1.54) is 14.2 Å². The summed E-state index contributed by atoms with van der Waals surface area (Å²) in [6, 6.07) is 3.39. The Kier molecular flexibility index (Phi) is 3.27. The van der Waals surface area contributed by atoms with E-state index < -0.39 is 5.97 Å². The molecule has 2 aromatic rings. The fourth-order valence-electron chi connectivity index (χ4n) is 1.46. The molecule has 6 heteroatoms. The van der Waals surface area contributed by atoms with Gasteiger partial charge in [0.25, 0.3) is 0 Å². The van der Waals surface area contributed by atoms with Gasteiger partial charge in [-0.2, -0.15) is 0 Å². The van der Waals surface area contributed by atoms with Crippen LogP contribution in [-0.4, -0.2) is 30.2 Å². The van der Waals surface area contributed by atoms with E-state index >= 15 is 0 Å². The first-order valence-electron chi connectivity index (χ1n) is 5.22. The number of aryl methyl sites for hydroxylation is 1. The Bertz CT molecular complexity index is 577. The van der Waals surface area contributed by atoms with Crippen molar-refractivity contribution in [1.82, 2.24) is 9.97 Å². The number of methoxy groups -OCH3 is 2. The van der Waals surface area contributed by atoms with Gasteiger partial charge in [-0.3, -0.25) is 0 Å². The number of aromatic nitrogens is 2. The molecular formula is C12H12N2O4. The molecule has 0 N–H and O–H groups in total. The molecular weight excluding hydrogens is 236 g/mol. The zero-order chi connectivity index (χ0) is 13.1. The van der Waals surface area contributed by atoms with Crippen molar-refractivity contribution in [2.75, 3.05) is 14.2 Å². The van der Waals surface area contributed by atoms with Crippen molar-refractivity contribution >= 4 is 5.97 Å². The van der Waals surface area contributed by atoms with Crippen LogP contribution in [0.4, 0.5) is 0 Å². The van der Waals surface area contributed by atoms with Gasteiger partial charge in [0.1, 0.15) is 5.76 Å². The van der Waals surface area contributed by atoms with E-state index in [2.05, 4.69) is 14.7 Å². The van der Waals surface area contributed by atoms with E-state index in [-0.39, 0.29) is 5.69 Å². The van der Waals surface area contributed by atoms with E-state index in [0.29, 0.717) is 23.1 Å². The second-order valence-corrected chi connectivity index (χ2v) is 3.50. The molecule has 6 nitrogen and oxygen atoms in total. The molecule has 0 amide bonds. The molecule has 0 aliphatic rings. The lowest BCUT2D eigenvalue weighted by Gasteiger charge is -1.99. The summed E-state index contributed by atoms with van der Waals surface area (Å²) in [5, 5.41) is 0. The Labute approximate surface area is 104 Å². The average molecular weight is 248 g/mol. The van der Waals surface area contributed by atoms with E-state index in [4.69, 9.17) is 9.15 Å². The quantitative estimate of drug-likeness (QED) is 0.771. The van der Waals surface area contributed by atoms with Gasteiger partial charge in [-0.15, -0.1) is 0 Å². The van der Waals surface area contributed by atoms with Crippen LogP contribution in [0.25, 0.3) is 11.5 Å². The van der Waals surface area contributed by atoms with Gasteiger partial charge in [0.15, 0.2) is 5.69 Å². The lowest BCUT2D eigenvalue weighted by atomic mass is 10.2. The molecule has 2 heterocycles. The van der Waals surface area contributed by atoms with Crippen LogP contribution in [0.2, 0.25) is 0 Å². The van der Waals surface area contributed by atoms with Gasteiger partial charge >= 0.3 is 5.97 Å². The number of nitrogens with zero attached hydrogens (tertiary/aromatic N) is 2. The number of ether oxygens (including phenoxy) is 2. The van der Waals surface area contributed by atoms with Crippen molar-refractivity contribution in [3.05, 3.63) is 29.8 Å². The fourth-order valence-corrected chi connectivity index (χ4v) is 1.46. The maximum absolute atomic E-state index is 11.4.